The van der Waals surface area contributed by atoms with E-state index in [0.717, 1.165) is 5.12 Å². The predicted molar refractivity (Wildman–Crippen MR) is 50.9 cm³/mol. The largest absolute Gasteiger partial charge is 0.460 e. The molecule has 0 unspecified atom stereocenters. The fourth-order valence-corrected chi connectivity index (χ4v) is 1.50. The van der Waals surface area contributed by atoms with Crippen molar-refractivity contribution in [3.63, 3.8) is 0 Å². The number of nitrogens with zero attached hydrogens (tertiary/aromatic N) is 4. The van der Waals surface area contributed by atoms with Crippen molar-refractivity contribution in [2.45, 2.75) is 6.30 Å². The zero-order valence-corrected chi connectivity index (χ0v) is 8.85. The first kappa shape index (κ1) is 13.6. The molecule has 0 radical (unpaired) electrons. The molecular weight excluding hydrogens is 243 g/mol. The molecule has 0 aromatic carbocycles. The number of piperazine rings is 1. The minimum Gasteiger partial charge on any atom is -0.368 e. The highest BCUT2D eigenvalue weighted by Gasteiger charge is 2.39. The molecule has 98 valence electrons. The molecule has 7 nitrogen and oxygen atoms in total. The highest BCUT2D eigenvalue weighted by Crippen LogP contribution is 2.22. The van der Waals surface area contributed by atoms with E-state index in [-0.39, 0.29) is 26.2 Å². The summed E-state index contributed by atoms with van der Waals surface area (Å²) in [6.07, 6.45) is -4.38. The number of nitrogens with two attached hydrogens (primary N) is 1. The summed E-state index contributed by atoms with van der Waals surface area (Å²) in [6.45, 7) is -1.09. The molecule has 2 N–H and O–H groups in total. The second-order valence-electron chi connectivity index (χ2n) is 3.49. The van der Waals surface area contributed by atoms with Gasteiger partial charge in [0.15, 0.2) is 0 Å². The number of halogens is 3. The van der Waals surface area contributed by atoms with E-state index >= 15 is 0 Å². The predicted octanol–water partition coefficient (Wildman–Crippen LogP) is -0.492. The molecule has 0 aromatic heterocycles. The van der Waals surface area contributed by atoms with Crippen LogP contribution in [0.25, 0.3) is 0 Å². The molecule has 1 saturated heterocycles. The average Bonchev–Trinajstić information content (AvgIpc) is 2.24. The molecule has 1 amide bonds. The lowest BCUT2D eigenvalue weighted by atomic mass is 10.4. The van der Waals surface area contributed by atoms with Gasteiger partial charge in [-0.1, -0.05) is 0 Å². The third-order valence-corrected chi connectivity index (χ3v) is 2.33. The van der Waals surface area contributed by atoms with Crippen molar-refractivity contribution in [1.82, 2.24) is 15.0 Å². The van der Waals surface area contributed by atoms with Crippen LogP contribution in [-0.2, 0) is 4.79 Å². The van der Waals surface area contributed by atoms with Crippen LogP contribution in [0.4, 0.5) is 13.2 Å². The molecule has 0 bridgehead atoms. The van der Waals surface area contributed by atoms with E-state index in [1.807, 2.05) is 0 Å². The van der Waals surface area contributed by atoms with E-state index in [0.29, 0.717) is 4.90 Å². The summed E-state index contributed by atoms with van der Waals surface area (Å²) >= 11 is 0. The van der Waals surface area contributed by atoms with Crippen LogP contribution in [0, 0.1) is 4.91 Å². The Bertz CT molecular complexity index is 290. The monoisotopic (exact) mass is 255 g/mol. The quantitative estimate of drug-likeness (QED) is 0.416. The normalized spacial score (nSPS) is 19.0. The minimum absolute atomic E-state index is 0.0431. The topological polar surface area (TPSA) is 82.2 Å². The highest BCUT2D eigenvalue weighted by atomic mass is 19.4. The Hall–Kier alpha value is -1.42. The Morgan fingerprint density at radius 3 is 2.18 bits per heavy atom. The van der Waals surface area contributed by atoms with Crippen molar-refractivity contribution in [2.75, 3.05) is 32.7 Å². The number of carbonyl (C=O) groups excluding carboxylic acids is 1. The first-order chi connectivity index (χ1) is 7.84. The van der Waals surface area contributed by atoms with Crippen molar-refractivity contribution in [2.24, 2.45) is 11.0 Å². The molecule has 17 heavy (non-hydrogen) atoms. The van der Waals surface area contributed by atoms with Gasteiger partial charge in [-0.2, -0.15) is 23.3 Å². The number of primary amides is 1. The molecule has 1 aliphatic heterocycles. The van der Waals surface area contributed by atoms with Crippen molar-refractivity contribution >= 4 is 5.91 Å². The number of alkyl halides is 3. The number of nitroso groups, excluding NO2 is 1. The summed E-state index contributed by atoms with van der Waals surface area (Å²) in [5.41, 5.74) is 4.88. The number of amides is 1. The molecule has 1 rings (SSSR count). The summed E-state index contributed by atoms with van der Waals surface area (Å²) in [5.74, 6) is -0.775. The SMILES string of the molecule is NC(=O)CN(N=O)N1CCN(C(F)(F)F)CC1. The smallest absolute Gasteiger partial charge is 0.368 e. The van der Waals surface area contributed by atoms with Gasteiger partial charge in [0.1, 0.15) is 6.54 Å². The van der Waals surface area contributed by atoms with Crippen LogP contribution in [0.15, 0.2) is 5.29 Å². The van der Waals surface area contributed by atoms with E-state index in [2.05, 4.69) is 5.29 Å². The maximum atomic E-state index is 12.3. The third kappa shape index (κ3) is 3.82. The molecular formula is C7H12F3N5O2. The van der Waals surface area contributed by atoms with Crippen molar-refractivity contribution < 1.29 is 18.0 Å². The number of hydrogen-bond acceptors (Lipinski definition) is 5. The van der Waals surface area contributed by atoms with Crippen LogP contribution in [-0.4, -0.2) is 60.0 Å². The van der Waals surface area contributed by atoms with Crippen LogP contribution in [0.3, 0.4) is 0 Å². The van der Waals surface area contributed by atoms with Crippen LogP contribution >= 0.6 is 0 Å². The van der Waals surface area contributed by atoms with Gasteiger partial charge in [0.2, 0.25) is 5.91 Å². The van der Waals surface area contributed by atoms with Crippen molar-refractivity contribution in [3.05, 3.63) is 4.91 Å². The maximum Gasteiger partial charge on any atom is 0.460 e. The van der Waals surface area contributed by atoms with Gasteiger partial charge in [-0.05, 0) is 0 Å². The van der Waals surface area contributed by atoms with E-state index < -0.39 is 18.8 Å². The number of hydrogen-bond donors (Lipinski definition) is 1. The van der Waals surface area contributed by atoms with Gasteiger partial charge < -0.3 is 5.73 Å². The second-order valence-corrected chi connectivity index (χ2v) is 3.49. The van der Waals surface area contributed by atoms with E-state index in [9.17, 15) is 22.9 Å². The lowest BCUT2D eigenvalue weighted by Crippen LogP contribution is -2.56. The molecule has 0 aliphatic carbocycles. The lowest BCUT2D eigenvalue weighted by Gasteiger charge is -2.37. The van der Waals surface area contributed by atoms with Gasteiger partial charge in [-0.3, -0.25) is 4.79 Å². The van der Waals surface area contributed by atoms with Gasteiger partial charge in [0.05, 0.1) is 5.29 Å². The lowest BCUT2D eigenvalue weighted by molar-refractivity contribution is -0.259. The Kier molecular flexibility index (Phi) is 4.23. The van der Waals surface area contributed by atoms with Gasteiger partial charge in [-0.25, -0.2) is 4.90 Å². The van der Waals surface area contributed by atoms with Gasteiger partial charge in [0.25, 0.3) is 0 Å². The van der Waals surface area contributed by atoms with Crippen LogP contribution in [0.5, 0.6) is 0 Å². The summed E-state index contributed by atoms with van der Waals surface area (Å²) in [5, 5.41) is 4.56. The maximum absolute atomic E-state index is 12.3. The van der Waals surface area contributed by atoms with Gasteiger partial charge in [-0.15, -0.1) is 4.91 Å². The molecule has 10 heteroatoms. The number of hydrazine groups is 1. The molecule has 0 atom stereocenters. The standard InChI is InChI=1S/C7H12F3N5O2/c8-7(9,10)13-1-3-14(4-2-13)15(12-17)5-6(11)16/h1-5H2,(H2,11,16). The molecule has 0 spiro atoms. The summed E-state index contributed by atoms with van der Waals surface area (Å²) in [6, 6.07) is 0. The van der Waals surface area contributed by atoms with Crippen LogP contribution < -0.4 is 5.73 Å². The zero-order valence-electron chi connectivity index (χ0n) is 8.85. The Morgan fingerprint density at radius 1 is 1.29 bits per heavy atom. The average molecular weight is 255 g/mol. The first-order valence-corrected chi connectivity index (χ1v) is 4.80. The third-order valence-electron chi connectivity index (χ3n) is 2.33. The van der Waals surface area contributed by atoms with Gasteiger partial charge in [0, 0.05) is 26.2 Å². The van der Waals surface area contributed by atoms with E-state index in [1.165, 1.54) is 5.01 Å². The Labute approximate surface area is 94.8 Å². The van der Waals surface area contributed by atoms with E-state index in [1.54, 1.807) is 0 Å². The molecule has 0 saturated carbocycles. The Morgan fingerprint density at radius 2 is 1.82 bits per heavy atom. The molecule has 1 aliphatic rings. The van der Waals surface area contributed by atoms with Crippen molar-refractivity contribution in [3.8, 4) is 0 Å². The van der Waals surface area contributed by atoms with Crippen LogP contribution in [0.1, 0.15) is 0 Å². The fourth-order valence-electron chi connectivity index (χ4n) is 1.50. The summed E-state index contributed by atoms with van der Waals surface area (Å²) < 4.78 is 36.9. The fraction of sp³-hybridized carbons (Fsp3) is 0.857. The molecule has 0 aromatic rings. The van der Waals surface area contributed by atoms with E-state index in [4.69, 9.17) is 5.73 Å². The van der Waals surface area contributed by atoms with Crippen LogP contribution in [0.2, 0.25) is 0 Å². The second kappa shape index (κ2) is 5.27. The van der Waals surface area contributed by atoms with Gasteiger partial charge >= 0.3 is 6.30 Å². The molecule has 1 fully saturated rings. The Balaban J connectivity index is 2.50. The summed E-state index contributed by atoms with van der Waals surface area (Å²) in [7, 11) is 0. The first-order valence-electron chi connectivity index (χ1n) is 4.80. The van der Waals surface area contributed by atoms with Crippen molar-refractivity contribution in [1.29, 1.82) is 0 Å². The zero-order chi connectivity index (χ0) is 13.1. The number of rotatable bonds is 4. The summed E-state index contributed by atoms with van der Waals surface area (Å²) in [4.78, 5) is 21.3. The molecule has 1 heterocycles. The minimum atomic E-state index is -4.38. The highest BCUT2D eigenvalue weighted by molar-refractivity contribution is 5.75. The number of carbonyl (C=O) groups is 1.